The number of aromatic nitrogens is 2. The second-order valence-electron chi connectivity index (χ2n) is 3.19. The average molecular weight is 163 g/mol. The van der Waals surface area contributed by atoms with Crippen molar-refractivity contribution in [3.8, 4) is 0 Å². The van der Waals surface area contributed by atoms with Crippen LogP contribution in [0.25, 0.3) is 0 Å². The topological polar surface area (TPSA) is 21.1 Å². The Morgan fingerprint density at radius 2 is 2.42 bits per heavy atom. The molecule has 64 valence electrons. The highest BCUT2D eigenvalue weighted by molar-refractivity contribution is 5.00. The van der Waals surface area contributed by atoms with Crippen molar-refractivity contribution in [2.24, 2.45) is 0 Å². The number of hydrogen-bond acceptors (Lipinski definition) is 2. The molecule has 3 heteroatoms. The van der Waals surface area contributed by atoms with Gasteiger partial charge in [-0.1, -0.05) is 6.58 Å². The first kappa shape index (κ1) is 7.40. The summed E-state index contributed by atoms with van der Waals surface area (Å²) in [6.07, 6.45) is 3.89. The molecule has 0 aliphatic carbocycles. The van der Waals surface area contributed by atoms with Crippen LogP contribution in [-0.2, 0) is 13.1 Å². The van der Waals surface area contributed by atoms with Gasteiger partial charge >= 0.3 is 0 Å². The third-order valence-electron chi connectivity index (χ3n) is 2.28. The molecule has 0 radical (unpaired) electrons. The lowest BCUT2D eigenvalue weighted by Crippen LogP contribution is -2.31. The van der Waals surface area contributed by atoms with Crippen LogP contribution in [0.1, 0.15) is 12.7 Å². The summed E-state index contributed by atoms with van der Waals surface area (Å²) in [6.45, 7) is 8.95. The quantitative estimate of drug-likeness (QED) is 0.621. The average Bonchev–Trinajstić information content (AvgIpc) is 2.49. The fourth-order valence-corrected chi connectivity index (χ4v) is 1.50. The van der Waals surface area contributed by atoms with Gasteiger partial charge in [0.25, 0.3) is 0 Å². The van der Waals surface area contributed by atoms with Crippen molar-refractivity contribution in [2.75, 3.05) is 6.54 Å². The van der Waals surface area contributed by atoms with E-state index in [-0.39, 0.29) is 0 Å². The van der Waals surface area contributed by atoms with Crippen LogP contribution < -0.4 is 0 Å². The van der Waals surface area contributed by atoms with Crippen molar-refractivity contribution in [1.82, 2.24) is 14.5 Å². The van der Waals surface area contributed by atoms with Gasteiger partial charge in [0.05, 0.1) is 6.54 Å². The molecule has 2 rings (SSSR count). The summed E-state index contributed by atoms with van der Waals surface area (Å²) < 4.78 is 2.19. The third-order valence-corrected chi connectivity index (χ3v) is 2.28. The molecule has 0 spiro atoms. The lowest BCUT2D eigenvalue weighted by atomic mass is 10.3. The molecule has 0 amide bonds. The number of rotatable bonds is 1. The first-order valence-electron chi connectivity index (χ1n) is 4.18. The zero-order chi connectivity index (χ0) is 8.55. The normalized spacial score (nSPS) is 15.9. The summed E-state index contributed by atoms with van der Waals surface area (Å²) in [5.74, 6) is 1.14. The van der Waals surface area contributed by atoms with E-state index < -0.39 is 0 Å². The van der Waals surface area contributed by atoms with Gasteiger partial charge in [0.2, 0.25) is 0 Å². The van der Waals surface area contributed by atoms with Gasteiger partial charge in [-0.25, -0.2) is 4.98 Å². The van der Waals surface area contributed by atoms with Crippen LogP contribution in [0, 0.1) is 0 Å². The van der Waals surface area contributed by atoms with Crippen molar-refractivity contribution >= 4 is 0 Å². The molecule has 0 aromatic carbocycles. The maximum absolute atomic E-state index is 4.27. The van der Waals surface area contributed by atoms with E-state index >= 15 is 0 Å². The van der Waals surface area contributed by atoms with Crippen molar-refractivity contribution < 1.29 is 0 Å². The Bertz CT molecular complexity index is 300. The Morgan fingerprint density at radius 3 is 3.17 bits per heavy atom. The van der Waals surface area contributed by atoms with Gasteiger partial charge < -0.3 is 9.47 Å². The molecule has 0 saturated carbocycles. The zero-order valence-electron chi connectivity index (χ0n) is 7.32. The van der Waals surface area contributed by atoms with Crippen molar-refractivity contribution in [2.45, 2.75) is 20.0 Å². The molecule has 0 N–H and O–H groups in total. The van der Waals surface area contributed by atoms with Crippen LogP contribution in [0.5, 0.6) is 0 Å². The second kappa shape index (κ2) is 2.66. The number of imidazole rings is 1. The first-order chi connectivity index (χ1) is 5.77. The van der Waals surface area contributed by atoms with Crippen molar-refractivity contribution in [3.05, 3.63) is 30.5 Å². The van der Waals surface area contributed by atoms with E-state index in [1.165, 1.54) is 0 Å². The minimum atomic E-state index is 0.905. The minimum Gasteiger partial charge on any atom is -0.366 e. The maximum Gasteiger partial charge on any atom is 0.128 e. The molecule has 3 nitrogen and oxygen atoms in total. The van der Waals surface area contributed by atoms with Crippen LogP contribution in [-0.4, -0.2) is 21.0 Å². The lowest BCUT2D eigenvalue weighted by Gasteiger charge is -2.29. The Morgan fingerprint density at radius 1 is 1.58 bits per heavy atom. The fraction of sp³-hybridized carbons (Fsp3) is 0.444. The van der Waals surface area contributed by atoms with Gasteiger partial charge in [0, 0.05) is 31.2 Å². The molecule has 1 aliphatic heterocycles. The largest absolute Gasteiger partial charge is 0.366 e. The molecule has 1 aromatic heterocycles. The molecular weight excluding hydrogens is 150 g/mol. The predicted molar refractivity (Wildman–Crippen MR) is 47.5 cm³/mol. The molecule has 0 saturated heterocycles. The molecule has 12 heavy (non-hydrogen) atoms. The minimum absolute atomic E-state index is 0.905. The molecule has 0 atom stereocenters. The van der Waals surface area contributed by atoms with E-state index in [0.29, 0.717) is 0 Å². The molecule has 0 unspecified atom stereocenters. The molecule has 1 aliphatic rings. The van der Waals surface area contributed by atoms with Crippen molar-refractivity contribution in [1.29, 1.82) is 0 Å². The van der Waals surface area contributed by atoms with Crippen molar-refractivity contribution in [3.63, 3.8) is 0 Å². The maximum atomic E-state index is 4.27. The number of allylic oxidation sites excluding steroid dienone is 1. The summed E-state index contributed by atoms with van der Waals surface area (Å²) in [7, 11) is 0. The SMILES string of the molecule is C=C(C)N1CCn2ccnc2C1. The zero-order valence-corrected chi connectivity index (χ0v) is 7.32. The van der Waals surface area contributed by atoms with Gasteiger partial charge in [-0.2, -0.15) is 0 Å². The molecule has 0 fully saturated rings. The summed E-state index contributed by atoms with van der Waals surface area (Å²) in [5.41, 5.74) is 1.13. The summed E-state index contributed by atoms with van der Waals surface area (Å²) >= 11 is 0. The van der Waals surface area contributed by atoms with Gasteiger partial charge in [0.15, 0.2) is 0 Å². The fourth-order valence-electron chi connectivity index (χ4n) is 1.50. The molecule has 2 heterocycles. The van der Waals surface area contributed by atoms with Gasteiger partial charge in [0.1, 0.15) is 5.82 Å². The monoisotopic (exact) mass is 163 g/mol. The smallest absolute Gasteiger partial charge is 0.128 e. The van der Waals surface area contributed by atoms with Gasteiger partial charge in [-0.15, -0.1) is 0 Å². The van der Waals surface area contributed by atoms with E-state index in [1.807, 2.05) is 19.3 Å². The second-order valence-corrected chi connectivity index (χ2v) is 3.19. The summed E-state index contributed by atoms with van der Waals surface area (Å²) in [5, 5.41) is 0. The van der Waals surface area contributed by atoms with Crippen LogP contribution in [0.4, 0.5) is 0 Å². The third kappa shape index (κ3) is 1.11. The van der Waals surface area contributed by atoms with Gasteiger partial charge in [-0.3, -0.25) is 0 Å². The molecule has 0 bridgehead atoms. The van der Waals surface area contributed by atoms with E-state index in [4.69, 9.17) is 0 Å². The van der Waals surface area contributed by atoms with Gasteiger partial charge in [-0.05, 0) is 6.92 Å². The number of hydrogen-bond donors (Lipinski definition) is 0. The highest BCUT2D eigenvalue weighted by atomic mass is 15.2. The number of fused-ring (bicyclic) bond motifs is 1. The highest BCUT2D eigenvalue weighted by Gasteiger charge is 2.14. The Balaban J connectivity index is 2.20. The van der Waals surface area contributed by atoms with Crippen LogP contribution in [0.15, 0.2) is 24.7 Å². The Hall–Kier alpha value is -1.25. The summed E-state index contributed by atoms with van der Waals surface area (Å²) in [4.78, 5) is 6.52. The van der Waals surface area contributed by atoms with E-state index in [1.54, 1.807) is 0 Å². The highest BCUT2D eigenvalue weighted by Crippen LogP contribution is 2.13. The van der Waals surface area contributed by atoms with E-state index in [0.717, 1.165) is 31.2 Å². The molecule has 1 aromatic rings. The van der Waals surface area contributed by atoms with Crippen LogP contribution in [0.2, 0.25) is 0 Å². The Kier molecular flexibility index (Phi) is 1.64. The van der Waals surface area contributed by atoms with E-state index in [9.17, 15) is 0 Å². The predicted octanol–water partition coefficient (Wildman–Crippen LogP) is 1.23. The number of nitrogens with zero attached hydrogens (tertiary/aromatic N) is 3. The first-order valence-corrected chi connectivity index (χ1v) is 4.18. The lowest BCUT2D eigenvalue weighted by molar-refractivity contribution is 0.275. The Labute approximate surface area is 72.3 Å². The van der Waals surface area contributed by atoms with E-state index in [2.05, 4.69) is 21.0 Å². The standard InChI is InChI=1S/C9H13N3/c1-8(2)12-6-5-11-4-3-10-9(11)7-12/h3-4H,1,5-7H2,2H3. The molecular formula is C9H13N3. The summed E-state index contributed by atoms with van der Waals surface area (Å²) in [6, 6.07) is 0. The van der Waals surface area contributed by atoms with Crippen LogP contribution >= 0.6 is 0 Å². The van der Waals surface area contributed by atoms with Crippen LogP contribution in [0.3, 0.4) is 0 Å².